The van der Waals surface area contributed by atoms with Gasteiger partial charge in [0.15, 0.2) is 0 Å². The van der Waals surface area contributed by atoms with Crippen LogP contribution in [0.1, 0.15) is 5.56 Å². The van der Waals surface area contributed by atoms with Gasteiger partial charge < -0.3 is 0 Å². The van der Waals surface area contributed by atoms with Crippen molar-refractivity contribution < 1.29 is 17.2 Å². The van der Waals surface area contributed by atoms with Crippen LogP contribution in [0.2, 0.25) is 0 Å². The monoisotopic (exact) mass is 375 g/mol. The van der Waals surface area contributed by atoms with E-state index in [1.807, 2.05) is 0 Å². The summed E-state index contributed by atoms with van der Waals surface area (Å²) in [6.07, 6.45) is 0. The molecule has 2 aromatic carbocycles. The predicted molar refractivity (Wildman–Crippen MR) is 79.2 cm³/mol. The lowest BCUT2D eigenvalue weighted by Gasteiger charge is -2.17. The van der Waals surface area contributed by atoms with Crippen molar-refractivity contribution in [1.29, 1.82) is 0 Å². The Hall–Kier alpha value is -1.31. The van der Waals surface area contributed by atoms with Crippen molar-refractivity contribution in [2.45, 2.75) is 11.4 Å². The topological polar surface area (TPSA) is 37.4 Å². The molecule has 0 fully saturated rings. The number of sulfonamides is 1. The largest absolute Gasteiger partial charge is 0.243 e. The van der Waals surface area contributed by atoms with Gasteiger partial charge in [0.05, 0.1) is 4.90 Å². The number of halogens is 3. The lowest BCUT2D eigenvalue weighted by atomic mass is 10.2. The smallest absolute Gasteiger partial charge is 0.207 e. The molecular weight excluding hydrogens is 364 g/mol. The Morgan fingerprint density at radius 3 is 2.10 bits per heavy atom. The molecule has 112 valence electrons. The maximum absolute atomic E-state index is 13.2. The van der Waals surface area contributed by atoms with Gasteiger partial charge in [-0.15, -0.1) is 0 Å². The SMILES string of the molecule is CN(Cc1ccc(Br)cc1)S(=O)(=O)c1cc(F)cc(F)c1. The quantitative estimate of drug-likeness (QED) is 0.819. The van der Waals surface area contributed by atoms with E-state index in [1.54, 1.807) is 24.3 Å². The molecule has 21 heavy (non-hydrogen) atoms. The van der Waals surface area contributed by atoms with Gasteiger partial charge in [0.2, 0.25) is 10.0 Å². The lowest BCUT2D eigenvalue weighted by molar-refractivity contribution is 0.464. The number of rotatable bonds is 4. The zero-order valence-corrected chi connectivity index (χ0v) is 13.5. The molecule has 0 N–H and O–H groups in total. The van der Waals surface area contributed by atoms with Crippen molar-refractivity contribution >= 4 is 26.0 Å². The second-order valence-corrected chi connectivity index (χ2v) is 7.45. The van der Waals surface area contributed by atoms with Crippen LogP contribution in [0.5, 0.6) is 0 Å². The summed E-state index contributed by atoms with van der Waals surface area (Å²) in [4.78, 5) is -0.403. The molecule has 0 bridgehead atoms. The molecule has 2 aromatic rings. The van der Waals surface area contributed by atoms with Crippen LogP contribution in [0.15, 0.2) is 51.8 Å². The minimum absolute atomic E-state index is 0.105. The molecule has 0 radical (unpaired) electrons. The molecule has 0 aliphatic rings. The predicted octanol–water partition coefficient (Wildman–Crippen LogP) is 3.55. The fourth-order valence-electron chi connectivity index (χ4n) is 1.79. The van der Waals surface area contributed by atoms with Crippen LogP contribution in [0.4, 0.5) is 8.78 Å². The molecule has 0 saturated carbocycles. The zero-order valence-electron chi connectivity index (χ0n) is 11.1. The highest BCUT2D eigenvalue weighted by Gasteiger charge is 2.22. The Kier molecular flexibility index (Phi) is 4.75. The molecule has 3 nitrogen and oxygen atoms in total. The van der Waals surface area contributed by atoms with Gasteiger partial charge >= 0.3 is 0 Å². The van der Waals surface area contributed by atoms with Crippen molar-refractivity contribution in [1.82, 2.24) is 4.31 Å². The fraction of sp³-hybridized carbons (Fsp3) is 0.143. The van der Waals surface area contributed by atoms with E-state index < -0.39 is 26.6 Å². The molecule has 0 heterocycles. The number of nitrogens with zero attached hydrogens (tertiary/aromatic N) is 1. The molecule has 7 heteroatoms. The molecule has 2 rings (SSSR count). The molecule has 0 saturated heterocycles. The van der Waals surface area contributed by atoms with Gasteiger partial charge in [0, 0.05) is 24.1 Å². The van der Waals surface area contributed by atoms with E-state index >= 15 is 0 Å². The first-order valence-corrected chi connectivity index (χ1v) is 8.19. The molecule has 0 aromatic heterocycles. The number of hydrogen-bond acceptors (Lipinski definition) is 2. The van der Waals surface area contributed by atoms with Crippen molar-refractivity contribution in [3.8, 4) is 0 Å². The molecule has 0 atom stereocenters. The Bertz CT molecular complexity index is 728. The summed E-state index contributed by atoms with van der Waals surface area (Å²) in [5.74, 6) is -1.85. The Balaban J connectivity index is 2.28. The summed E-state index contributed by atoms with van der Waals surface area (Å²) in [7, 11) is -2.59. The normalized spacial score (nSPS) is 11.9. The first-order valence-electron chi connectivity index (χ1n) is 5.96. The van der Waals surface area contributed by atoms with E-state index in [1.165, 1.54) is 7.05 Å². The van der Waals surface area contributed by atoms with Crippen molar-refractivity contribution in [2.24, 2.45) is 0 Å². The van der Waals surface area contributed by atoms with E-state index in [0.717, 1.165) is 26.5 Å². The Labute approximate surface area is 130 Å². The molecule has 0 spiro atoms. The summed E-state index contributed by atoms with van der Waals surface area (Å²) in [6.45, 7) is 0.105. The van der Waals surface area contributed by atoms with Gasteiger partial charge in [-0.2, -0.15) is 4.31 Å². The molecule has 0 amide bonds. The van der Waals surface area contributed by atoms with Crippen LogP contribution in [0, 0.1) is 11.6 Å². The third-order valence-corrected chi connectivity index (χ3v) is 5.17. The molecule has 0 unspecified atom stereocenters. The Morgan fingerprint density at radius 2 is 1.57 bits per heavy atom. The molecule has 0 aliphatic heterocycles. The zero-order chi connectivity index (χ0) is 15.6. The Morgan fingerprint density at radius 1 is 1.05 bits per heavy atom. The van der Waals surface area contributed by atoms with Crippen LogP contribution < -0.4 is 0 Å². The maximum Gasteiger partial charge on any atom is 0.243 e. The van der Waals surface area contributed by atoms with E-state index in [4.69, 9.17) is 0 Å². The average molecular weight is 376 g/mol. The van der Waals surface area contributed by atoms with Gasteiger partial charge in [0.25, 0.3) is 0 Å². The summed E-state index contributed by atoms with van der Waals surface area (Å²) in [5, 5.41) is 0. The first-order chi connectivity index (χ1) is 9.79. The van der Waals surface area contributed by atoms with Crippen LogP contribution in [-0.2, 0) is 16.6 Å². The van der Waals surface area contributed by atoms with Crippen LogP contribution in [-0.4, -0.2) is 19.8 Å². The highest BCUT2D eigenvalue weighted by atomic mass is 79.9. The van der Waals surface area contributed by atoms with Gasteiger partial charge in [-0.25, -0.2) is 17.2 Å². The third-order valence-electron chi connectivity index (χ3n) is 2.86. The van der Waals surface area contributed by atoms with Gasteiger partial charge in [-0.3, -0.25) is 0 Å². The minimum Gasteiger partial charge on any atom is -0.207 e. The molecule has 0 aliphatic carbocycles. The van der Waals surface area contributed by atoms with Gasteiger partial charge in [-0.05, 0) is 29.8 Å². The number of hydrogen-bond donors (Lipinski definition) is 0. The van der Waals surface area contributed by atoms with E-state index in [2.05, 4.69) is 15.9 Å². The van der Waals surface area contributed by atoms with E-state index in [-0.39, 0.29) is 6.54 Å². The van der Waals surface area contributed by atoms with E-state index in [0.29, 0.717) is 6.07 Å². The van der Waals surface area contributed by atoms with Gasteiger partial charge in [-0.1, -0.05) is 28.1 Å². The second kappa shape index (κ2) is 6.21. The second-order valence-electron chi connectivity index (χ2n) is 4.49. The van der Waals surface area contributed by atoms with Crippen molar-refractivity contribution in [3.05, 3.63) is 64.1 Å². The fourth-order valence-corrected chi connectivity index (χ4v) is 3.26. The molecular formula is C14H12BrF2NO2S. The van der Waals surface area contributed by atoms with E-state index in [9.17, 15) is 17.2 Å². The van der Waals surface area contributed by atoms with Crippen LogP contribution in [0.3, 0.4) is 0 Å². The summed E-state index contributed by atoms with van der Waals surface area (Å²) >= 11 is 3.29. The summed E-state index contributed by atoms with van der Waals surface area (Å²) < 4.78 is 52.8. The summed E-state index contributed by atoms with van der Waals surface area (Å²) in [6, 6.07) is 9.35. The number of benzene rings is 2. The average Bonchev–Trinajstić information content (AvgIpc) is 2.40. The standard InChI is InChI=1S/C14H12BrF2NO2S/c1-18(9-10-2-4-11(15)5-3-10)21(19,20)14-7-12(16)6-13(17)8-14/h2-8H,9H2,1H3. The van der Waals surface area contributed by atoms with Crippen LogP contribution >= 0.6 is 15.9 Å². The minimum atomic E-state index is -3.95. The maximum atomic E-state index is 13.2. The van der Waals surface area contributed by atoms with Gasteiger partial charge in [0.1, 0.15) is 11.6 Å². The first kappa shape index (κ1) is 16.1. The van der Waals surface area contributed by atoms with Crippen molar-refractivity contribution in [3.63, 3.8) is 0 Å². The van der Waals surface area contributed by atoms with Crippen LogP contribution in [0.25, 0.3) is 0 Å². The summed E-state index contributed by atoms with van der Waals surface area (Å²) in [5.41, 5.74) is 0.765. The lowest BCUT2D eigenvalue weighted by Crippen LogP contribution is -2.26. The highest BCUT2D eigenvalue weighted by Crippen LogP contribution is 2.20. The highest BCUT2D eigenvalue weighted by molar-refractivity contribution is 9.10. The van der Waals surface area contributed by atoms with Crippen molar-refractivity contribution in [2.75, 3.05) is 7.05 Å². The third kappa shape index (κ3) is 3.87.